The van der Waals surface area contributed by atoms with Gasteiger partial charge in [-0.05, 0) is 56.5 Å². The molecule has 156 valence electrons. The number of rotatable bonds is 7. The molecule has 1 heterocycles. The van der Waals surface area contributed by atoms with Gasteiger partial charge in [0, 0.05) is 17.5 Å². The third-order valence-electron chi connectivity index (χ3n) is 6.22. The van der Waals surface area contributed by atoms with E-state index in [9.17, 15) is 4.79 Å². The van der Waals surface area contributed by atoms with Gasteiger partial charge in [0.25, 0.3) is 5.91 Å². The van der Waals surface area contributed by atoms with E-state index in [0.717, 1.165) is 29.9 Å². The third kappa shape index (κ3) is 4.25. The normalized spacial score (nSPS) is 15.1. The lowest BCUT2D eigenvalue weighted by Crippen LogP contribution is -2.39. The van der Waals surface area contributed by atoms with Crippen molar-refractivity contribution >= 4 is 5.91 Å². The molecule has 0 atom stereocenters. The topological polar surface area (TPSA) is 64.4 Å². The Hall–Kier alpha value is -3.08. The summed E-state index contributed by atoms with van der Waals surface area (Å²) in [7, 11) is 0. The van der Waals surface area contributed by atoms with Gasteiger partial charge in [0.05, 0.1) is 11.3 Å². The number of carbonyl (C=O) groups excluding carboxylic acids is 1. The van der Waals surface area contributed by atoms with Crippen LogP contribution in [0.2, 0.25) is 0 Å². The van der Waals surface area contributed by atoms with Crippen molar-refractivity contribution in [2.45, 2.75) is 51.6 Å². The summed E-state index contributed by atoms with van der Waals surface area (Å²) in [4.78, 5) is 12.7. The monoisotopic (exact) mass is 404 g/mol. The van der Waals surface area contributed by atoms with E-state index in [1.54, 1.807) is 0 Å². The fraction of sp³-hybridized carbons (Fsp3) is 0.360. The van der Waals surface area contributed by atoms with Crippen LogP contribution in [0.4, 0.5) is 0 Å². The van der Waals surface area contributed by atoms with Gasteiger partial charge < -0.3 is 14.6 Å². The van der Waals surface area contributed by atoms with E-state index in [1.165, 1.54) is 18.4 Å². The van der Waals surface area contributed by atoms with Crippen LogP contribution in [0.1, 0.15) is 58.6 Å². The van der Waals surface area contributed by atoms with Crippen LogP contribution in [0.15, 0.2) is 59.1 Å². The highest BCUT2D eigenvalue weighted by molar-refractivity contribution is 5.94. The summed E-state index contributed by atoms with van der Waals surface area (Å²) < 4.78 is 11.0. The fourth-order valence-corrected chi connectivity index (χ4v) is 4.33. The van der Waals surface area contributed by atoms with Crippen LogP contribution in [0, 0.1) is 13.8 Å². The van der Waals surface area contributed by atoms with Crippen LogP contribution >= 0.6 is 0 Å². The summed E-state index contributed by atoms with van der Waals surface area (Å²) in [6, 6.07) is 17.8. The van der Waals surface area contributed by atoms with Crippen LogP contribution < -0.4 is 10.1 Å². The smallest absolute Gasteiger partial charge is 0.251 e. The summed E-state index contributed by atoms with van der Waals surface area (Å²) in [6.07, 6.45) is 4.65. The number of aryl methyl sites for hydroxylation is 2. The van der Waals surface area contributed by atoms with Crippen LogP contribution in [-0.4, -0.2) is 17.6 Å². The Labute approximate surface area is 177 Å². The molecule has 5 nitrogen and oxygen atoms in total. The van der Waals surface area contributed by atoms with Gasteiger partial charge in [-0.3, -0.25) is 4.79 Å². The molecule has 1 fully saturated rings. The van der Waals surface area contributed by atoms with E-state index in [0.29, 0.717) is 24.5 Å². The van der Waals surface area contributed by atoms with Crippen molar-refractivity contribution in [1.29, 1.82) is 0 Å². The Morgan fingerprint density at radius 2 is 1.77 bits per heavy atom. The maximum atomic E-state index is 12.7. The molecule has 1 aliphatic carbocycles. The van der Waals surface area contributed by atoms with Crippen molar-refractivity contribution in [3.63, 3.8) is 0 Å². The summed E-state index contributed by atoms with van der Waals surface area (Å²) >= 11 is 0. The second-order valence-corrected chi connectivity index (χ2v) is 8.15. The molecule has 0 radical (unpaired) electrons. The standard InChI is InChI=1S/C25H28N2O3/c1-18-23(19(2)30-27-18)16-29-22-12-10-20(11-13-22)24(28)26-17-25(14-6-7-15-25)21-8-4-3-5-9-21/h3-5,8-13H,6-7,14-17H2,1-2H3,(H,26,28). The lowest BCUT2D eigenvalue weighted by Gasteiger charge is -2.30. The first-order valence-corrected chi connectivity index (χ1v) is 10.6. The molecule has 4 rings (SSSR count). The number of benzene rings is 2. The lowest BCUT2D eigenvalue weighted by atomic mass is 9.79. The Bertz CT molecular complexity index is 967. The van der Waals surface area contributed by atoms with E-state index in [4.69, 9.17) is 9.26 Å². The highest BCUT2D eigenvalue weighted by Gasteiger charge is 2.35. The highest BCUT2D eigenvalue weighted by atomic mass is 16.5. The summed E-state index contributed by atoms with van der Waals surface area (Å²) in [5, 5.41) is 7.11. The van der Waals surface area contributed by atoms with Gasteiger partial charge in [-0.15, -0.1) is 0 Å². The third-order valence-corrected chi connectivity index (χ3v) is 6.22. The number of carbonyl (C=O) groups is 1. The SMILES string of the molecule is Cc1noc(C)c1COc1ccc(C(=O)NCC2(c3ccccc3)CCCC2)cc1. The van der Waals surface area contributed by atoms with E-state index in [2.05, 4.69) is 34.7 Å². The molecular formula is C25H28N2O3. The zero-order valence-corrected chi connectivity index (χ0v) is 17.6. The van der Waals surface area contributed by atoms with Crippen molar-refractivity contribution in [3.8, 4) is 5.75 Å². The summed E-state index contributed by atoms with van der Waals surface area (Å²) in [5.41, 5.74) is 3.81. The molecule has 1 aromatic heterocycles. The molecule has 1 aliphatic rings. The predicted octanol–water partition coefficient (Wildman–Crippen LogP) is 5.11. The van der Waals surface area contributed by atoms with Gasteiger partial charge in [0.2, 0.25) is 0 Å². The molecule has 3 aromatic rings. The minimum Gasteiger partial charge on any atom is -0.489 e. The van der Waals surface area contributed by atoms with Crippen molar-refractivity contribution in [2.24, 2.45) is 0 Å². The van der Waals surface area contributed by atoms with E-state index >= 15 is 0 Å². The van der Waals surface area contributed by atoms with Crippen molar-refractivity contribution < 1.29 is 14.1 Å². The molecule has 0 aliphatic heterocycles. The number of nitrogens with zero attached hydrogens (tertiary/aromatic N) is 1. The largest absolute Gasteiger partial charge is 0.489 e. The summed E-state index contributed by atoms with van der Waals surface area (Å²) in [6.45, 7) is 4.83. The van der Waals surface area contributed by atoms with E-state index < -0.39 is 0 Å². The minimum absolute atomic E-state index is 0.0468. The van der Waals surface area contributed by atoms with Gasteiger partial charge in [0.15, 0.2) is 0 Å². The molecule has 0 bridgehead atoms. The van der Waals surface area contributed by atoms with E-state index in [1.807, 2.05) is 44.2 Å². The summed E-state index contributed by atoms with van der Waals surface area (Å²) in [5.74, 6) is 1.43. The molecule has 2 aromatic carbocycles. The van der Waals surface area contributed by atoms with Gasteiger partial charge in [-0.2, -0.15) is 0 Å². The Morgan fingerprint density at radius 1 is 1.07 bits per heavy atom. The van der Waals surface area contributed by atoms with E-state index in [-0.39, 0.29) is 11.3 Å². The Balaban J connectivity index is 1.37. The first-order valence-electron chi connectivity index (χ1n) is 10.6. The Kier molecular flexibility index (Phi) is 5.88. The average Bonchev–Trinajstić information content (AvgIpc) is 3.39. The van der Waals surface area contributed by atoms with Crippen LogP contribution in [-0.2, 0) is 12.0 Å². The second kappa shape index (κ2) is 8.74. The lowest BCUT2D eigenvalue weighted by molar-refractivity contribution is 0.0943. The number of amides is 1. The van der Waals surface area contributed by atoms with Crippen LogP contribution in [0.25, 0.3) is 0 Å². The highest BCUT2D eigenvalue weighted by Crippen LogP contribution is 2.40. The fourth-order valence-electron chi connectivity index (χ4n) is 4.33. The molecule has 1 N–H and O–H groups in total. The number of hydrogen-bond donors (Lipinski definition) is 1. The minimum atomic E-state index is -0.0468. The molecule has 30 heavy (non-hydrogen) atoms. The maximum absolute atomic E-state index is 12.7. The Morgan fingerprint density at radius 3 is 2.40 bits per heavy atom. The molecule has 1 saturated carbocycles. The number of aromatic nitrogens is 1. The van der Waals surface area contributed by atoms with Crippen molar-refractivity contribution in [1.82, 2.24) is 10.5 Å². The zero-order valence-electron chi connectivity index (χ0n) is 17.6. The number of ether oxygens (including phenoxy) is 1. The second-order valence-electron chi connectivity index (χ2n) is 8.15. The van der Waals surface area contributed by atoms with Crippen LogP contribution in [0.5, 0.6) is 5.75 Å². The van der Waals surface area contributed by atoms with Gasteiger partial charge in [-0.1, -0.05) is 48.3 Å². The number of nitrogens with one attached hydrogen (secondary N) is 1. The molecule has 0 unspecified atom stereocenters. The number of hydrogen-bond acceptors (Lipinski definition) is 4. The van der Waals surface area contributed by atoms with Gasteiger partial charge >= 0.3 is 0 Å². The molecule has 1 amide bonds. The molecule has 5 heteroatoms. The molecule has 0 saturated heterocycles. The quantitative estimate of drug-likeness (QED) is 0.594. The molecule has 0 spiro atoms. The first kappa shape index (κ1) is 20.2. The average molecular weight is 405 g/mol. The predicted molar refractivity (Wildman–Crippen MR) is 116 cm³/mol. The maximum Gasteiger partial charge on any atom is 0.251 e. The van der Waals surface area contributed by atoms with Crippen molar-refractivity contribution in [3.05, 3.63) is 82.7 Å². The first-order chi connectivity index (χ1) is 14.6. The van der Waals surface area contributed by atoms with Gasteiger partial charge in [-0.25, -0.2) is 0 Å². The van der Waals surface area contributed by atoms with Crippen molar-refractivity contribution in [2.75, 3.05) is 6.54 Å². The van der Waals surface area contributed by atoms with Crippen LogP contribution in [0.3, 0.4) is 0 Å². The van der Waals surface area contributed by atoms with Gasteiger partial charge in [0.1, 0.15) is 18.1 Å². The molecular weight excluding hydrogens is 376 g/mol. The zero-order chi connectivity index (χ0) is 21.0.